The molecule has 4 aromatic heterocycles. The molecule has 1 atom stereocenters. The normalized spacial score (nSPS) is 16.3. The SMILES string of the molecule is C1=CC2=Cc3c(c4c5sc6ccccc6c5ccc4n4c5ccccc5c5ccc6c7ccccc7n3c6c54)NC2C=C1. The van der Waals surface area contributed by atoms with Crippen LogP contribution in [0.4, 0.5) is 5.69 Å². The number of anilines is 1. The Labute approximate surface area is 249 Å². The van der Waals surface area contributed by atoms with Crippen LogP contribution in [-0.4, -0.2) is 14.8 Å². The monoisotopic (exact) mass is 565 g/mol. The largest absolute Gasteiger partial charge is 0.372 e. The third-order valence-electron chi connectivity index (χ3n) is 9.65. The van der Waals surface area contributed by atoms with Crippen LogP contribution in [0, 0.1) is 0 Å². The van der Waals surface area contributed by atoms with Crippen LogP contribution in [-0.2, 0) is 0 Å². The highest BCUT2D eigenvalue weighted by atomic mass is 32.1. The number of thiophene rings is 1. The van der Waals surface area contributed by atoms with Crippen molar-refractivity contribution in [3.05, 3.63) is 133 Å². The number of hydrogen-bond donors (Lipinski definition) is 1. The van der Waals surface area contributed by atoms with Crippen LogP contribution in [0.1, 0.15) is 5.69 Å². The number of nitrogens with one attached hydrogen (secondary N) is 1. The Hall–Kier alpha value is -5.32. The van der Waals surface area contributed by atoms with E-state index in [9.17, 15) is 0 Å². The number of rotatable bonds is 0. The first-order chi connectivity index (χ1) is 21.3. The lowest BCUT2D eigenvalue weighted by Gasteiger charge is -2.28. The van der Waals surface area contributed by atoms with Gasteiger partial charge >= 0.3 is 0 Å². The minimum Gasteiger partial charge on any atom is -0.372 e. The Morgan fingerprint density at radius 3 is 2.07 bits per heavy atom. The molecule has 1 aliphatic heterocycles. The van der Waals surface area contributed by atoms with Crippen LogP contribution in [0.15, 0.2) is 127 Å². The summed E-state index contributed by atoms with van der Waals surface area (Å²) >= 11 is 1.91. The maximum absolute atomic E-state index is 4.06. The van der Waals surface area contributed by atoms with Gasteiger partial charge in [-0.2, -0.15) is 0 Å². The molecule has 0 saturated carbocycles. The molecule has 0 spiro atoms. The Morgan fingerprint density at radius 1 is 0.581 bits per heavy atom. The smallest absolute Gasteiger partial charge is 0.0789 e. The summed E-state index contributed by atoms with van der Waals surface area (Å²) in [6, 6.07) is 36.1. The van der Waals surface area contributed by atoms with Crippen LogP contribution in [0.2, 0.25) is 0 Å². The fraction of sp³-hybridized carbons (Fsp3) is 0.0256. The molecule has 43 heavy (non-hydrogen) atoms. The number of fused-ring (bicyclic) bond motifs is 16. The average Bonchev–Trinajstić information content (AvgIpc) is 3.71. The number of hydrogen-bond acceptors (Lipinski definition) is 2. The third-order valence-corrected chi connectivity index (χ3v) is 10.9. The molecule has 200 valence electrons. The van der Waals surface area contributed by atoms with Crippen LogP contribution in [0.5, 0.6) is 0 Å². The van der Waals surface area contributed by atoms with Crippen molar-refractivity contribution < 1.29 is 0 Å². The van der Waals surface area contributed by atoms with E-state index in [-0.39, 0.29) is 6.04 Å². The molecule has 11 rings (SSSR count). The molecule has 0 radical (unpaired) electrons. The number of benzene rings is 5. The second-order valence-electron chi connectivity index (χ2n) is 11.8. The maximum atomic E-state index is 4.06. The van der Waals surface area contributed by atoms with Gasteiger partial charge in [-0.15, -0.1) is 11.3 Å². The summed E-state index contributed by atoms with van der Waals surface area (Å²) in [6.07, 6.45) is 11.3. The van der Waals surface area contributed by atoms with Crippen molar-refractivity contribution in [3.8, 4) is 0 Å². The van der Waals surface area contributed by atoms with Crippen molar-refractivity contribution in [3.63, 3.8) is 0 Å². The van der Waals surface area contributed by atoms with Crippen molar-refractivity contribution in [2.75, 3.05) is 5.32 Å². The van der Waals surface area contributed by atoms with Gasteiger partial charge in [-0.3, -0.25) is 0 Å². The van der Waals surface area contributed by atoms with Crippen molar-refractivity contribution in [1.82, 2.24) is 8.80 Å². The highest BCUT2D eigenvalue weighted by molar-refractivity contribution is 7.26. The first-order valence-electron chi connectivity index (χ1n) is 14.8. The lowest BCUT2D eigenvalue weighted by atomic mass is 9.95. The number of nitrogens with zero attached hydrogens (tertiary/aromatic N) is 2. The molecular formula is C39H23N3S. The molecule has 2 aliphatic rings. The summed E-state index contributed by atoms with van der Waals surface area (Å²) < 4.78 is 7.72. The van der Waals surface area contributed by atoms with Crippen molar-refractivity contribution in [2.45, 2.75) is 6.04 Å². The topological polar surface area (TPSA) is 20.9 Å². The second-order valence-corrected chi connectivity index (χ2v) is 12.8. The standard InChI is InChI=1S/C39H23N3S/c1-5-13-29-22(9-1)21-33-36(40-29)35-32(20-19-28-25-12-4-8-16-34(25)43-39(28)35)41-30-14-6-2-10-23(30)26-17-18-27-24-11-3-7-15-31(24)42(33)38(27)37(26)41/h1-21,29,40H. The van der Waals surface area contributed by atoms with E-state index in [0.29, 0.717) is 0 Å². The molecule has 0 saturated heterocycles. The van der Waals surface area contributed by atoms with Gasteiger partial charge in [0.05, 0.1) is 45.0 Å². The van der Waals surface area contributed by atoms with Crippen LogP contribution in [0.3, 0.4) is 0 Å². The van der Waals surface area contributed by atoms with E-state index in [0.717, 1.165) is 0 Å². The van der Waals surface area contributed by atoms with Gasteiger partial charge in [0.1, 0.15) is 0 Å². The van der Waals surface area contributed by atoms with Gasteiger partial charge in [0.25, 0.3) is 0 Å². The Morgan fingerprint density at radius 2 is 1.26 bits per heavy atom. The molecule has 0 amide bonds. The van der Waals surface area contributed by atoms with Gasteiger partial charge < -0.3 is 14.1 Å². The molecule has 4 heteroatoms. The lowest BCUT2D eigenvalue weighted by molar-refractivity contribution is 1.02. The lowest BCUT2D eigenvalue weighted by Crippen LogP contribution is -2.24. The predicted octanol–water partition coefficient (Wildman–Crippen LogP) is 10.5. The number of aromatic nitrogens is 2. The molecule has 1 unspecified atom stereocenters. The molecule has 1 N–H and O–H groups in total. The summed E-state index contributed by atoms with van der Waals surface area (Å²) in [5, 5.41) is 13.1. The highest BCUT2D eigenvalue weighted by Crippen LogP contribution is 2.47. The molecule has 5 heterocycles. The van der Waals surface area contributed by atoms with Crippen molar-refractivity contribution >= 4 is 97.8 Å². The number of para-hydroxylation sites is 2. The minimum atomic E-state index is 0.120. The summed E-state index contributed by atoms with van der Waals surface area (Å²) in [5.74, 6) is 0. The van der Waals surface area contributed by atoms with Gasteiger partial charge in [0.2, 0.25) is 0 Å². The maximum Gasteiger partial charge on any atom is 0.0789 e. The van der Waals surface area contributed by atoms with Crippen molar-refractivity contribution in [2.24, 2.45) is 0 Å². The quantitative estimate of drug-likeness (QED) is 0.194. The summed E-state index contributed by atoms with van der Waals surface area (Å²) in [5.41, 5.74) is 9.89. The van der Waals surface area contributed by atoms with E-state index in [1.165, 1.54) is 91.6 Å². The van der Waals surface area contributed by atoms with Crippen LogP contribution < -0.4 is 5.32 Å². The van der Waals surface area contributed by atoms with Crippen LogP contribution >= 0.6 is 11.3 Å². The van der Waals surface area contributed by atoms with E-state index < -0.39 is 0 Å². The van der Waals surface area contributed by atoms with E-state index in [4.69, 9.17) is 0 Å². The Balaban J connectivity index is 1.56. The molecule has 1 aliphatic carbocycles. The van der Waals surface area contributed by atoms with Gasteiger partial charge in [-0.05, 0) is 35.9 Å². The second kappa shape index (κ2) is 7.74. The molecule has 0 fully saturated rings. The fourth-order valence-corrected chi connectivity index (χ4v) is 9.12. The Bertz CT molecular complexity index is 2820. The first-order valence-corrected chi connectivity index (χ1v) is 15.6. The van der Waals surface area contributed by atoms with Crippen molar-refractivity contribution in [1.29, 1.82) is 0 Å². The van der Waals surface area contributed by atoms with E-state index in [1.54, 1.807) is 0 Å². The predicted molar refractivity (Wildman–Crippen MR) is 185 cm³/mol. The average molecular weight is 566 g/mol. The molecule has 0 bridgehead atoms. The first kappa shape index (κ1) is 22.3. The summed E-state index contributed by atoms with van der Waals surface area (Å²) in [6.45, 7) is 0. The van der Waals surface area contributed by atoms with E-state index in [1.807, 2.05) is 11.3 Å². The fourth-order valence-electron chi connectivity index (χ4n) is 7.87. The zero-order chi connectivity index (χ0) is 27.8. The van der Waals surface area contributed by atoms with E-state index >= 15 is 0 Å². The molecule has 3 nitrogen and oxygen atoms in total. The molecule has 5 aromatic carbocycles. The Kier molecular flexibility index (Phi) is 4.01. The summed E-state index contributed by atoms with van der Waals surface area (Å²) in [7, 11) is 0. The number of allylic oxidation sites excluding steroid dienone is 2. The van der Waals surface area contributed by atoms with Gasteiger partial charge in [-0.25, -0.2) is 0 Å². The highest BCUT2D eigenvalue weighted by Gasteiger charge is 2.27. The van der Waals surface area contributed by atoms with Crippen LogP contribution in [0.25, 0.3) is 80.8 Å². The van der Waals surface area contributed by atoms with Gasteiger partial charge in [0.15, 0.2) is 0 Å². The van der Waals surface area contributed by atoms with Gasteiger partial charge in [-0.1, -0.05) is 97.1 Å². The van der Waals surface area contributed by atoms with Gasteiger partial charge in [0, 0.05) is 47.1 Å². The zero-order valence-electron chi connectivity index (χ0n) is 23.0. The third kappa shape index (κ3) is 2.66. The summed E-state index contributed by atoms with van der Waals surface area (Å²) in [4.78, 5) is 0. The zero-order valence-corrected chi connectivity index (χ0v) is 23.8. The molecular weight excluding hydrogens is 543 g/mol. The molecule has 9 aromatic rings. The van der Waals surface area contributed by atoms with E-state index in [2.05, 4.69) is 142 Å². The minimum absolute atomic E-state index is 0.120.